The van der Waals surface area contributed by atoms with Crippen LogP contribution in [0.5, 0.6) is 0 Å². The zero-order valence-corrected chi connectivity index (χ0v) is 14.3. The van der Waals surface area contributed by atoms with Crippen LogP contribution in [0, 0.1) is 5.92 Å². The van der Waals surface area contributed by atoms with Crippen molar-refractivity contribution in [3.05, 3.63) is 37.0 Å². The SMILES string of the molecule is C=CCOC(=O)N[C@@]1(C=C)CC=C(C)C[C@@H]1[C@H]1COC(C)(C)O1. The third-order valence-electron chi connectivity index (χ3n) is 4.50. The Morgan fingerprint density at radius 3 is 2.83 bits per heavy atom. The zero-order valence-electron chi connectivity index (χ0n) is 14.3. The number of nitrogens with one attached hydrogen (secondary N) is 1. The number of alkyl carbamates (subject to hydrolysis) is 1. The molecule has 1 N–H and O–H groups in total. The first kappa shape index (κ1) is 17.8. The van der Waals surface area contributed by atoms with Gasteiger partial charge in [0.15, 0.2) is 5.79 Å². The van der Waals surface area contributed by atoms with Crippen molar-refractivity contribution in [1.82, 2.24) is 5.32 Å². The lowest BCUT2D eigenvalue weighted by atomic mass is 9.71. The molecule has 2 rings (SSSR count). The number of allylic oxidation sites excluding steroid dienone is 1. The van der Waals surface area contributed by atoms with Crippen LogP contribution in [0.2, 0.25) is 0 Å². The molecule has 1 fully saturated rings. The molecule has 3 atom stereocenters. The summed E-state index contributed by atoms with van der Waals surface area (Å²) in [6.45, 7) is 14.1. The summed E-state index contributed by atoms with van der Waals surface area (Å²) >= 11 is 0. The Bertz CT molecular complexity index is 511. The van der Waals surface area contributed by atoms with E-state index in [0.29, 0.717) is 13.0 Å². The van der Waals surface area contributed by atoms with Gasteiger partial charge in [-0.05, 0) is 33.6 Å². The Morgan fingerprint density at radius 2 is 2.26 bits per heavy atom. The van der Waals surface area contributed by atoms with Crippen LogP contribution in [0.1, 0.15) is 33.6 Å². The van der Waals surface area contributed by atoms with Gasteiger partial charge in [0.1, 0.15) is 6.61 Å². The van der Waals surface area contributed by atoms with Crippen LogP contribution in [0.3, 0.4) is 0 Å². The van der Waals surface area contributed by atoms with Gasteiger partial charge in [0, 0.05) is 5.92 Å². The molecular formula is C18H27NO4. The predicted octanol–water partition coefficient (Wildman–Crippen LogP) is 3.33. The Labute approximate surface area is 138 Å². The second-order valence-electron chi connectivity index (χ2n) is 6.69. The Hall–Kier alpha value is -1.59. The van der Waals surface area contributed by atoms with Gasteiger partial charge in [-0.3, -0.25) is 0 Å². The first-order valence-corrected chi connectivity index (χ1v) is 7.99. The lowest BCUT2D eigenvalue weighted by Gasteiger charge is -2.43. The van der Waals surface area contributed by atoms with E-state index < -0.39 is 17.4 Å². The molecule has 1 aliphatic heterocycles. The molecule has 5 heteroatoms. The van der Waals surface area contributed by atoms with Gasteiger partial charge in [-0.2, -0.15) is 0 Å². The van der Waals surface area contributed by atoms with E-state index in [1.807, 2.05) is 13.8 Å². The minimum Gasteiger partial charge on any atom is -0.445 e. The molecule has 0 radical (unpaired) electrons. The maximum atomic E-state index is 12.1. The maximum absolute atomic E-state index is 12.1. The second kappa shape index (κ2) is 6.89. The smallest absolute Gasteiger partial charge is 0.408 e. The molecule has 5 nitrogen and oxygen atoms in total. The lowest BCUT2D eigenvalue weighted by molar-refractivity contribution is -0.147. The fourth-order valence-corrected chi connectivity index (χ4v) is 3.27. The zero-order chi connectivity index (χ0) is 17.1. The Kier molecular flexibility index (Phi) is 5.32. The first-order chi connectivity index (χ1) is 10.8. The third kappa shape index (κ3) is 4.03. The van der Waals surface area contributed by atoms with Gasteiger partial charge in [0.25, 0.3) is 0 Å². The van der Waals surface area contributed by atoms with E-state index in [9.17, 15) is 4.79 Å². The van der Waals surface area contributed by atoms with Gasteiger partial charge in [-0.1, -0.05) is 30.4 Å². The summed E-state index contributed by atoms with van der Waals surface area (Å²) in [5.74, 6) is -0.557. The summed E-state index contributed by atoms with van der Waals surface area (Å²) < 4.78 is 16.9. The average molecular weight is 321 g/mol. The number of carbonyl (C=O) groups excluding carboxylic acids is 1. The highest BCUT2D eigenvalue weighted by Gasteiger charge is 2.48. The highest BCUT2D eigenvalue weighted by molar-refractivity contribution is 5.69. The summed E-state index contributed by atoms with van der Waals surface area (Å²) in [7, 11) is 0. The number of carbonyl (C=O) groups is 1. The number of hydrogen-bond donors (Lipinski definition) is 1. The van der Waals surface area contributed by atoms with Crippen LogP contribution in [0.4, 0.5) is 4.79 Å². The van der Waals surface area contributed by atoms with E-state index in [-0.39, 0.29) is 18.6 Å². The van der Waals surface area contributed by atoms with Crippen LogP contribution < -0.4 is 5.32 Å². The number of rotatable bonds is 5. The molecule has 1 heterocycles. The van der Waals surface area contributed by atoms with E-state index in [0.717, 1.165) is 6.42 Å². The molecule has 2 aliphatic rings. The molecule has 0 saturated carbocycles. The molecule has 0 aromatic heterocycles. The normalized spacial score (nSPS) is 32.7. The average Bonchev–Trinajstić information content (AvgIpc) is 2.87. The van der Waals surface area contributed by atoms with Gasteiger partial charge in [-0.15, -0.1) is 6.58 Å². The summed E-state index contributed by atoms with van der Waals surface area (Å²) in [5.41, 5.74) is 0.675. The maximum Gasteiger partial charge on any atom is 0.408 e. The number of ether oxygens (including phenoxy) is 3. The quantitative estimate of drug-likeness (QED) is 0.789. The van der Waals surface area contributed by atoms with E-state index >= 15 is 0 Å². The molecule has 1 aliphatic carbocycles. The van der Waals surface area contributed by atoms with Crippen LogP contribution >= 0.6 is 0 Å². The highest BCUT2D eigenvalue weighted by Crippen LogP contribution is 2.41. The van der Waals surface area contributed by atoms with Gasteiger partial charge in [-0.25, -0.2) is 4.79 Å². The minimum absolute atomic E-state index is 0.0445. The monoisotopic (exact) mass is 321 g/mol. The Morgan fingerprint density at radius 1 is 1.52 bits per heavy atom. The topological polar surface area (TPSA) is 56.8 Å². The predicted molar refractivity (Wildman–Crippen MR) is 89.0 cm³/mol. The van der Waals surface area contributed by atoms with Crippen molar-refractivity contribution < 1.29 is 19.0 Å². The molecule has 0 bridgehead atoms. The summed E-state index contributed by atoms with van der Waals surface area (Å²) in [4.78, 5) is 12.1. The van der Waals surface area contributed by atoms with E-state index in [2.05, 4.69) is 31.5 Å². The van der Waals surface area contributed by atoms with Crippen molar-refractivity contribution in [2.45, 2.75) is 51.0 Å². The molecule has 23 heavy (non-hydrogen) atoms. The van der Waals surface area contributed by atoms with Crippen LogP contribution in [-0.4, -0.2) is 36.7 Å². The van der Waals surface area contributed by atoms with Crippen molar-refractivity contribution in [2.75, 3.05) is 13.2 Å². The summed E-state index contributed by atoms with van der Waals surface area (Å²) in [6, 6.07) is 0. The van der Waals surface area contributed by atoms with Gasteiger partial charge in [0.2, 0.25) is 0 Å². The Balaban J connectivity index is 2.21. The van der Waals surface area contributed by atoms with Crippen molar-refractivity contribution in [3.8, 4) is 0 Å². The second-order valence-corrected chi connectivity index (χ2v) is 6.69. The van der Waals surface area contributed by atoms with Crippen LogP contribution in [0.15, 0.2) is 37.0 Å². The van der Waals surface area contributed by atoms with Crippen molar-refractivity contribution in [1.29, 1.82) is 0 Å². The van der Waals surface area contributed by atoms with Crippen LogP contribution in [0.25, 0.3) is 0 Å². The minimum atomic E-state index is -0.605. The molecule has 0 aromatic carbocycles. The molecule has 1 amide bonds. The number of hydrogen-bond acceptors (Lipinski definition) is 4. The molecule has 0 aromatic rings. The molecular weight excluding hydrogens is 294 g/mol. The fraction of sp³-hybridized carbons (Fsp3) is 0.611. The molecule has 128 valence electrons. The van der Waals surface area contributed by atoms with Gasteiger partial charge in [0.05, 0.1) is 18.2 Å². The number of amides is 1. The molecule has 0 unspecified atom stereocenters. The van der Waals surface area contributed by atoms with E-state index in [1.165, 1.54) is 5.57 Å². The van der Waals surface area contributed by atoms with Crippen LogP contribution in [-0.2, 0) is 14.2 Å². The van der Waals surface area contributed by atoms with Gasteiger partial charge < -0.3 is 19.5 Å². The fourth-order valence-electron chi connectivity index (χ4n) is 3.27. The van der Waals surface area contributed by atoms with E-state index in [1.54, 1.807) is 12.2 Å². The largest absolute Gasteiger partial charge is 0.445 e. The van der Waals surface area contributed by atoms with Crippen molar-refractivity contribution in [2.24, 2.45) is 5.92 Å². The summed E-state index contributed by atoms with van der Waals surface area (Å²) in [5, 5.41) is 2.98. The van der Waals surface area contributed by atoms with Crippen molar-refractivity contribution >= 4 is 6.09 Å². The standard InChI is InChI=1S/C18H27NO4/c1-6-10-21-16(20)19-18(7-2)9-8-13(3)11-14(18)15-12-22-17(4,5)23-15/h6-8,14-15H,1-2,9-12H2,3-5H3,(H,19,20)/t14-,15-,18+/m1/s1. The third-order valence-corrected chi connectivity index (χ3v) is 4.50. The highest BCUT2D eigenvalue weighted by atomic mass is 16.7. The van der Waals surface area contributed by atoms with Crippen molar-refractivity contribution in [3.63, 3.8) is 0 Å². The summed E-state index contributed by atoms with van der Waals surface area (Å²) in [6.07, 6.45) is 6.37. The first-order valence-electron chi connectivity index (χ1n) is 7.99. The van der Waals surface area contributed by atoms with E-state index in [4.69, 9.17) is 14.2 Å². The van der Waals surface area contributed by atoms with Gasteiger partial charge >= 0.3 is 6.09 Å². The lowest BCUT2D eigenvalue weighted by Crippen LogP contribution is -2.57. The molecule has 0 spiro atoms. The molecule has 1 saturated heterocycles.